The van der Waals surface area contributed by atoms with Gasteiger partial charge in [-0.3, -0.25) is 4.90 Å². The summed E-state index contributed by atoms with van der Waals surface area (Å²) in [5.41, 5.74) is 10.3. The van der Waals surface area contributed by atoms with Gasteiger partial charge >= 0.3 is 6.18 Å². The molecule has 1 aliphatic heterocycles. The molecule has 0 amide bonds. The lowest BCUT2D eigenvalue weighted by molar-refractivity contribution is -0.143. The van der Waals surface area contributed by atoms with Crippen LogP contribution in [-0.2, 0) is 0 Å². The van der Waals surface area contributed by atoms with Crippen LogP contribution >= 0.6 is 0 Å². The molecule has 1 heterocycles. The Labute approximate surface area is 79.8 Å². The van der Waals surface area contributed by atoms with E-state index in [0.29, 0.717) is 13.0 Å². The van der Waals surface area contributed by atoms with Crippen molar-refractivity contribution in [2.24, 2.45) is 16.5 Å². The van der Waals surface area contributed by atoms with Crippen molar-refractivity contribution in [3.05, 3.63) is 0 Å². The number of rotatable bonds is 2. The summed E-state index contributed by atoms with van der Waals surface area (Å²) in [6.07, 6.45) is -3.57. The van der Waals surface area contributed by atoms with Gasteiger partial charge in [-0.05, 0) is 6.42 Å². The van der Waals surface area contributed by atoms with E-state index in [9.17, 15) is 13.2 Å². The number of aliphatic imine (C=N–C) groups is 1. The molecule has 0 spiro atoms. The zero-order chi connectivity index (χ0) is 10.8. The first-order valence-corrected chi connectivity index (χ1v) is 4.24. The highest BCUT2D eigenvalue weighted by Gasteiger charge is 2.34. The van der Waals surface area contributed by atoms with Crippen molar-refractivity contribution in [3.63, 3.8) is 0 Å². The average Bonchev–Trinajstić information content (AvgIpc) is 2.30. The van der Waals surface area contributed by atoms with Gasteiger partial charge in [0.2, 0.25) is 0 Å². The SMILES string of the molecule is NC(N)=NC1CCN(CC(F)(F)F)C1. The molecule has 0 aliphatic carbocycles. The molecule has 1 aliphatic rings. The van der Waals surface area contributed by atoms with Crippen LogP contribution in [0.2, 0.25) is 0 Å². The number of hydrogen-bond acceptors (Lipinski definition) is 2. The standard InChI is InChI=1S/C7H13F3N4/c8-7(9,10)4-14-2-1-5(3-14)13-6(11)12/h5H,1-4H2,(H4,11,12,13). The van der Waals surface area contributed by atoms with E-state index in [0.717, 1.165) is 0 Å². The lowest BCUT2D eigenvalue weighted by Crippen LogP contribution is -2.33. The van der Waals surface area contributed by atoms with Crippen molar-refractivity contribution in [3.8, 4) is 0 Å². The fourth-order valence-electron chi connectivity index (χ4n) is 1.53. The molecule has 0 radical (unpaired) electrons. The van der Waals surface area contributed by atoms with E-state index >= 15 is 0 Å². The molecule has 0 aromatic carbocycles. The Bertz CT molecular complexity index is 221. The summed E-state index contributed by atoms with van der Waals surface area (Å²) in [5.74, 6) is -0.0659. The second kappa shape index (κ2) is 4.04. The van der Waals surface area contributed by atoms with E-state index in [2.05, 4.69) is 4.99 Å². The smallest absolute Gasteiger partial charge is 0.370 e. The quantitative estimate of drug-likeness (QED) is 0.494. The molecule has 0 aromatic heterocycles. The predicted octanol–water partition coefficient (Wildman–Crippen LogP) is -0.104. The van der Waals surface area contributed by atoms with Crippen LogP contribution in [0.25, 0.3) is 0 Å². The Morgan fingerprint density at radius 2 is 2.07 bits per heavy atom. The fourth-order valence-corrected chi connectivity index (χ4v) is 1.53. The molecule has 1 fully saturated rings. The second-order valence-corrected chi connectivity index (χ2v) is 3.35. The molecule has 1 rings (SSSR count). The van der Waals surface area contributed by atoms with Crippen LogP contribution in [0.4, 0.5) is 13.2 Å². The van der Waals surface area contributed by atoms with Gasteiger partial charge in [-0.2, -0.15) is 13.2 Å². The highest BCUT2D eigenvalue weighted by molar-refractivity contribution is 5.75. The first-order valence-electron chi connectivity index (χ1n) is 4.24. The zero-order valence-electron chi connectivity index (χ0n) is 7.59. The van der Waals surface area contributed by atoms with Crippen molar-refractivity contribution >= 4 is 5.96 Å². The molecule has 0 bridgehead atoms. The molecule has 1 atom stereocenters. The van der Waals surface area contributed by atoms with Gasteiger partial charge in [0.05, 0.1) is 12.6 Å². The number of hydrogen-bond donors (Lipinski definition) is 2. The highest BCUT2D eigenvalue weighted by atomic mass is 19.4. The second-order valence-electron chi connectivity index (χ2n) is 3.35. The number of guanidine groups is 1. The van der Waals surface area contributed by atoms with E-state index < -0.39 is 12.7 Å². The molecule has 7 heteroatoms. The number of halogens is 3. The lowest BCUT2D eigenvalue weighted by atomic mass is 10.3. The Morgan fingerprint density at radius 3 is 2.57 bits per heavy atom. The number of nitrogens with two attached hydrogens (primary N) is 2. The Balaban J connectivity index is 2.38. The predicted molar refractivity (Wildman–Crippen MR) is 46.7 cm³/mol. The van der Waals surface area contributed by atoms with Gasteiger partial charge in [0, 0.05) is 13.1 Å². The molecule has 0 aromatic rings. The molecule has 0 saturated carbocycles. The molecule has 14 heavy (non-hydrogen) atoms. The summed E-state index contributed by atoms with van der Waals surface area (Å²) in [7, 11) is 0. The van der Waals surface area contributed by atoms with Crippen molar-refractivity contribution < 1.29 is 13.2 Å². The molecule has 1 saturated heterocycles. The van der Waals surface area contributed by atoms with Crippen LogP contribution in [0.3, 0.4) is 0 Å². The van der Waals surface area contributed by atoms with Gasteiger partial charge in [0.25, 0.3) is 0 Å². The van der Waals surface area contributed by atoms with Crippen LogP contribution in [-0.4, -0.2) is 42.7 Å². The highest BCUT2D eigenvalue weighted by Crippen LogP contribution is 2.20. The van der Waals surface area contributed by atoms with E-state index in [1.165, 1.54) is 4.90 Å². The van der Waals surface area contributed by atoms with E-state index in [1.807, 2.05) is 0 Å². The summed E-state index contributed by atoms with van der Waals surface area (Å²) in [6.45, 7) is -0.220. The van der Waals surface area contributed by atoms with Crippen molar-refractivity contribution in [1.82, 2.24) is 4.90 Å². The van der Waals surface area contributed by atoms with Gasteiger partial charge < -0.3 is 11.5 Å². The first kappa shape index (κ1) is 11.1. The summed E-state index contributed by atoms with van der Waals surface area (Å²) in [4.78, 5) is 5.12. The third-order valence-corrected chi connectivity index (χ3v) is 1.98. The number of likely N-dealkylation sites (tertiary alicyclic amines) is 1. The maximum atomic E-state index is 12.0. The molecule has 82 valence electrons. The zero-order valence-corrected chi connectivity index (χ0v) is 7.59. The average molecular weight is 210 g/mol. The van der Waals surface area contributed by atoms with E-state index in [-0.39, 0.29) is 18.5 Å². The van der Waals surface area contributed by atoms with Gasteiger partial charge in [-0.25, -0.2) is 4.99 Å². The largest absolute Gasteiger partial charge is 0.401 e. The van der Waals surface area contributed by atoms with Crippen LogP contribution in [0.1, 0.15) is 6.42 Å². The van der Waals surface area contributed by atoms with Gasteiger partial charge in [0.1, 0.15) is 0 Å². The maximum Gasteiger partial charge on any atom is 0.401 e. The third-order valence-electron chi connectivity index (χ3n) is 1.98. The van der Waals surface area contributed by atoms with Crippen LogP contribution in [0, 0.1) is 0 Å². The Kier molecular flexibility index (Phi) is 3.20. The van der Waals surface area contributed by atoms with Crippen LogP contribution in [0.5, 0.6) is 0 Å². The molecule has 4 nitrogen and oxygen atoms in total. The summed E-state index contributed by atoms with van der Waals surface area (Å²) in [6, 6.07) is -0.192. The summed E-state index contributed by atoms with van der Waals surface area (Å²) in [5, 5.41) is 0. The Hall–Kier alpha value is -0.980. The minimum Gasteiger partial charge on any atom is -0.370 e. The molecular weight excluding hydrogens is 197 g/mol. The molecular formula is C7H13F3N4. The molecule has 4 N–H and O–H groups in total. The van der Waals surface area contributed by atoms with Gasteiger partial charge in [0.15, 0.2) is 5.96 Å². The topological polar surface area (TPSA) is 67.6 Å². The normalized spacial score (nSPS) is 23.8. The Morgan fingerprint density at radius 1 is 1.43 bits per heavy atom. The maximum absolute atomic E-state index is 12.0. The fraction of sp³-hybridized carbons (Fsp3) is 0.857. The first-order chi connectivity index (χ1) is 6.37. The number of nitrogens with zero attached hydrogens (tertiary/aromatic N) is 2. The van der Waals surface area contributed by atoms with Gasteiger partial charge in [-0.15, -0.1) is 0 Å². The lowest BCUT2D eigenvalue weighted by Gasteiger charge is -2.16. The van der Waals surface area contributed by atoms with Crippen LogP contribution < -0.4 is 11.5 Å². The van der Waals surface area contributed by atoms with E-state index in [1.54, 1.807) is 0 Å². The minimum atomic E-state index is -4.15. The summed E-state index contributed by atoms with van der Waals surface area (Å²) >= 11 is 0. The van der Waals surface area contributed by atoms with Crippen LogP contribution in [0.15, 0.2) is 4.99 Å². The van der Waals surface area contributed by atoms with Crippen molar-refractivity contribution in [2.75, 3.05) is 19.6 Å². The molecule has 1 unspecified atom stereocenters. The third kappa shape index (κ3) is 3.82. The monoisotopic (exact) mass is 210 g/mol. The van der Waals surface area contributed by atoms with Crippen molar-refractivity contribution in [1.29, 1.82) is 0 Å². The summed E-state index contributed by atoms with van der Waals surface area (Å²) < 4.78 is 35.9. The number of alkyl halides is 3. The minimum absolute atomic E-state index is 0.0659. The van der Waals surface area contributed by atoms with E-state index in [4.69, 9.17) is 11.5 Å². The van der Waals surface area contributed by atoms with Crippen molar-refractivity contribution in [2.45, 2.75) is 18.6 Å². The van der Waals surface area contributed by atoms with Gasteiger partial charge in [-0.1, -0.05) is 0 Å².